The van der Waals surface area contributed by atoms with Crippen molar-refractivity contribution < 1.29 is 13.9 Å². The lowest BCUT2D eigenvalue weighted by Crippen LogP contribution is -2.07. The van der Waals surface area contributed by atoms with Gasteiger partial charge in [-0.05, 0) is 47.5 Å². The van der Waals surface area contributed by atoms with Gasteiger partial charge in [-0.1, -0.05) is 0 Å². The van der Waals surface area contributed by atoms with E-state index in [2.05, 4.69) is 15.9 Å². The largest absolute Gasteiger partial charge is 0.462 e. The van der Waals surface area contributed by atoms with Gasteiger partial charge < -0.3 is 4.74 Å². The molecule has 14 heavy (non-hydrogen) atoms. The molecule has 0 radical (unpaired) electrons. The fourth-order valence-corrected chi connectivity index (χ4v) is 1.42. The first-order valence-electron chi connectivity index (χ1n) is 4.19. The topological polar surface area (TPSA) is 26.3 Å². The molecule has 0 amide bonds. The molecule has 0 aromatic heterocycles. The second-order valence-corrected chi connectivity index (χ2v) is 3.66. The molecule has 0 aliphatic rings. The van der Waals surface area contributed by atoms with Crippen molar-refractivity contribution in [2.24, 2.45) is 0 Å². The summed E-state index contributed by atoms with van der Waals surface area (Å²) in [6.07, 6.45) is 0. The van der Waals surface area contributed by atoms with Gasteiger partial charge in [0, 0.05) is 0 Å². The summed E-state index contributed by atoms with van der Waals surface area (Å²) in [5.74, 6) is -0.804. The maximum atomic E-state index is 13.0. The van der Waals surface area contributed by atoms with E-state index in [0.717, 1.165) is 0 Å². The van der Waals surface area contributed by atoms with Crippen molar-refractivity contribution in [2.45, 2.75) is 13.8 Å². The van der Waals surface area contributed by atoms with E-state index in [9.17, 15) is 9.18 Å². The maximum Gasteiger partial charge on any atom is 0.338 e. The van der Waals surface area contributed by atoms with Gasteiger partial charge in [-0.25, -0.2) is 9.18 Å². The number of carbonyl (C=O) groups excluding carboxylic acids is 1. The van der Waals surface area contributed by atoms with Crippen LogP contribution in [-0.4, -0.2) is 12.6 Å². The summed E-state index contributed by atoms with van der Waals surface area (Å²) < 4.78 is 18.1. The van der Waals surface area contributed by atoms with E-state index in [1.807, 2.05) is 0 Å². The van der Waals surface area contributed by atoms with Crippen LogP contribution in [0.5, 0.6) is 0 Å². The fourth-order valence-electron chi connectivity index (χ4n) is 1.08. The highest BCUT2D eigenvalue weighted by Gasteiger charge is 2.12. The highest BCUT2D eigenvalue weighted by molar-refractivity contribution is 9.10. The molecule has 1 aromatic carbocycles. The average Bonchev–Trinajstić information content (AvgIpc) is 2.11. The Balaban J connectivity index is 3.09. The third-order valence-corrected chi connectivity index (χ3v) is 2.37. The minimum Gasteiger partial charge on any atom is -0.462 e. The summed E-state index contributed by atoms with van der Waals surface area (Å²) in [7, 11) is 0. The number of carbonyl (C=O) groups is 1. The van der Waals surface area contributed by atoms with Crippen LogP contribution in [0.1, 0.15) is 22.8 Å². The number of aryl methyl sites for hydroxylation is 1. The lowest BCUT2D eigenvalue weighted by Gasteiger charge is -2.06. The Morgan fingerprint density at radius 1 is 1.57 bits per heavy atom. The van der Waals surface area contributed by atoms with Gasteiger partial charge in [0.2, 0.25) is 0 Å². The lowest BCUT2D eigenvalue weighted by atomic mass is 10.1. The average molecular weight is 261 g/mol. The van der Waals surface area contributed by atoms with Gasteiger partial charge >= 0.3 is 5.97 Å². The zero-order chi connectivity index (χ0) is 10.7. The SMILES string of the molecule is CCOC(=O)c1cc(Br)c(F)cc1C. The number of ether oxygens (including phenoxy) is 1. The van der Waals surface area contributed by atoms with Crippen molar-refractivity contribution in [3.8, 4) is 0 Å². The van der Waals surface area contributed by atoms with Crippen LogP contribution in [0.25, 0.3) is 0 Å². The molecular weight excluding hydrogens is 251 g/mol. The summed E-state index contributed by atoms with van der Waals surface area (Å²) in [5.41, 5.74) is 0.962. The van der Waals surface area contributed by atoms with Crippen molar-refractivity contribution >= 4 is 21.9 Å². The van der Waals surface area contributed by atoms with Gasteiger partial charge in [0.1, 0.15) is 5.82 Å². The minimum atomic E-state index is -0.425. The number of halogens is 2. The third-order valence-electron chi connectivity index (χ3n) is 1.76. The first-order valence-corrected chi connectivity index (χ1v) is 4.98. The second kappa shape index (κ2) is 4.55. The highest BCUT2D eigenvalue weighted by atomic mass is 79.9. The molecule has 0 atom stereocenters. The Bertz CT molecular complexity index is 363. The van der Waals surface area contributed by atoms with Gasteiger partial charge in [0.25, 0.3) is 0 Å². The first kappa shape index (κ1) is 11.2. The summed E-state index contributed by atoms with van der Waals surface area (Å²) in [6, 6.07) is 2.74. The smallest absolute Gasteiger partial charge is 0.338 e. The van der Waals surface area contributed by atoms with Crippen LogP contribution in [0.15, 0.2) is 16.6 Å². The van der Waals surface area contributed by atoms with Gasteiger partial charge in [-0.2, -0.15) is 0 Å². The third kappa shape index (κ3) is 2.32. The lowest BCUT2D eigenvalue weighted by molar-refractivity contribution is 0.0525. The number of benzene rings is 1. The van der Waals surface area contributed by atoms with Crippen LogP contribution in [0.2, 0.25) is 0 Å². The van der Waals surface area contributed by atoms with Crippen molar-refractivity contribution in [1.29, 1.82) is 0 Å². The van der Waals surface area contributed by atoms with Crippen LogP contribution in [0.3, 0.4) is 0 Å². The molecule has 2 nitrogen and oxygen atoms in total. The van der Waals surface area contributed by atoms with E-state index < -0.39 is 5.97 Å². The van der Waals surface area contributed by atoms with Gasteiger partial charge in [0.15, 0.2) is 0 Å². The fraction of sp³-hybridized carbons (Fsp3) is 0.300. The Morgan fingerprint density at radius 3 is 2.79 bits per heavy atom. The van der Waals surface area contributed by atoms with Gasteiger partial charge in [-0.3, -0.25) is 0 Å². The van der Waals surface area contributed by atoms with E-state index in [4.69, 9.17) is 4.74 Å². The molecule has 0 N–H and O–H groups in total. The number of rotatable bonds is 2. The van der Waals surface area contributed by atoms with E-state index in [1.165, 1.54) is 12.1 Å². The molecule has 0 aliphatic carbocycles. The number of hydrogen-bond acceptors (Lipinski definition) is 2. The molecule has 0 saturated carbocycles. The molecule has 0 heterocycles. The van der Waals surface area contributed by atoms with Crippen LogP contribution in [0.4, 0.5) is 4.39 Å². The van der Waals surface area contributed by atoms with E-state index in [1.54, 1.807) is 13.8 Å². The Hall–Kier alpha value is -0.900. The minimum absolute atomic E-state index is 0.270. The van der Waals surface area contributed by atoms with Crippen LogP contribution < -0.4 is 0 Å². The monoisotopic (exact) mass is 260 g/mol. The normalized spacial score (nSPS) is 10.0. The molecule has 0 unspecified atom stereocenters. The zero-order valence-corrected chi connectivity index (χ0v) is 9.52. The molecule has 0 aliphatic heterocycles. The van der Waals surface area contributed by atoms with Crippen LogP contribution in [-0.2, 0) is 4.74 Å². The van der Waals surface area contributed by atoms with E-state index >= 15 is 0 Å². The molecular formula is C10H10BrFO2. The van der Waals surface area contributed by atoms with Crippen molar-refractivity contribution in [1.82, 2.24) is 0 Å². The molecule has 0 spiro atoms. The number of esters is 1. The predicted molar refractivity (Wildman–Crippen MR) is 54.8 cm³/mol. The quantitative estimate of drug-likeness (QED) is 0.765. The van der Waals surface area contributed by atoms with Crippen molar-refractivity contribution in [3.05, 3.63) is 33.5 Å². The van der Waals surface area contributed by atoms with Crippen LogP contribution in [0, 0.1) is 12.7 Å². The van der Waals surface area contributed by atoms with Gasteiger partial charge in [0.05, 0.1) is 16.6 Å². The predicted octanol–water partition coefficient (Wildman–Crippen LogP) is 3.07. The number of hydrogen-bond donors (Lipinski definition) is 0. The molecule has 0 fully saturated rings. The van der Waals surface area contributed by atoms with Gasteiger partial charge in [-0.15, -0.1) is 0 Å². The van der Waals surface area contributed by atoms with E-state index in [0.29, 0.717) is 17.7 Å². The standard InChI is InChI=1S/C10H10BrFO2/c1-3-14-10(13)7-5-8(11)9(12)4-6(7)2/h4-5H,3H2,1-2H3. The molecule has 4 heteroatoms. The van der Waals surface area contributed by atoms with Crippen molar-refractivity contribution in [2.75, 3.05) is 6.61 Å². The summed E-state index contributed by atoms with van der Waals surface area (Å²) in [6.45, 7) is 3.71. The van der Waals surface area contributed by atoms with Crippen molar-refractivity contribution in [3.63, 3.8) is 0 Å². The Labute approximate surface area is 90.2 Å². The maximum absolute atomic E-state index is 13.0. The summed E-state index contributed by atoms with van der Waals surface area (Å²) in [5, 5.41) is 0. The molecule has 0 saturated heterocycles. The Morgan fingerprint density at radius 2 is 2.21 bits per heavy atom. The first-order chi connectivity index (χ1) is 6.56. The van der Waals surface area contributed by atoms with E-state index in [-0.39, 0.29) is 10.3 Å². The van der Waals surface area contributed by atoms with Crippen LogP contribution >= 0.6 is 15.9 Å². The molecule has 1 aromatic rings. The summed E-state index contributed by atoms with van der Waals surface area (Å²) >= 11 is 3.02. The molecule has 0 bridgehead atoms. The second-order valence-electron chi connectivity index (χ2n) is 2.80. The Kier molecular flexibility index (Phi) is 3.63. The summed E-state index contributed by atoms with van der Waals surface area (Å²) in [4.78, 5) is 11.4. The molecule has 76 valence electrons. The molecule has 1 rings (SSSR count). The highest BCUT2D eigenvalue weighted by Crippen LogP contribution is 2.20. The zero-order valence-electron chi connectivity index (χ0n) is 7.93.